The number of carbonyl (C=O) groups is 2. The van der Waals surface area contributed by atoms with Gasteiger partial charge in [0.25, 0.3) is 0 Å². The minimum atomic E-state index is -0.485. The third-order valence-corrected chi connectivity index (χ3v) is 1.61. The number of nitrogens with two attached hydrogens (primary N) is 1. The summed E-state index contributed by atoms with van der Waals surface area (Å²) in [5, 5.41) is 2.75. The number of nitrogens with one attached hydrogen (secondary N) is 1. The van der Waals surface area contributed by atoms with Crippen LogP contribution >= 0.6 is 0 Å². The number of hydrogen-bond donors (Lipinski definition) is 2. The van der Waals surface area contributed by atoms with Crippen LogP contribution in [0.15, 0.2) is 12.2 Å². The predicted octanol–water partition coefficient (Wildman–Crippen LogP) is -0.431. The van der Waals surface area contributed by atoms with Gasteiger partial charge >= 0.3 is 5.97 Å². The van der Waals surface area contributed by atoms with Gasteiger partial charge < -0.3 is 15.8 Å². The highest BCUT2D eigenvalue weighted by molar-refractivity contribution is 5.88. The molecule has 5 heteroatoms. The van der Waals surface area contributed by atoms with Gasteiger partial charge in [0, 0.05) is 12.1 Å². The molecule has 0 spiro atoms. The lowest BCUT2D eigenvalue weighted by Gasteiger charge is -2.10. The molecule has 0 aromatic carbocycles. The molecule has 0 fully saturated rings. The Kier molecular flexibility index (Phi) is 5.55. The smallest absolute Gasteiger partial charge is 0.334 e. The summed E-state index contributed by atoms with van der Waals surface area (Å²) >= 11 is 0. The normalized spacial score (nSPS) is 11.9. The number of primary amides is 1. The van der Waals surface area contributed by atoms with E-state index in [4.69, 9.17) is 10.5 Å². The zero-order valence-electron chi connectivity index (χ0n) is 8.50. The average molecular weight is 200 g/mol. The molecule has 0 bridgehead atoms. The van der Waals surface area contributed by atoms with E-state index in [0.717, 1.165) is 0 Å². The van der Waals surface area contributed by atoms with Gasteiger partial charge in [-0.15, -0.1) is 0 Å². The Morgan fingerprint density at radius 2 is 2.14 bits per heavy atom. The van der Waals surface area contributed by atoms with Crippen molar-refractivity contribution >= 4 is 11.9 Å². The van der Waals surface area contributed by atoms with Crippen molar-refractivity contribution in [2.45, 2.75) is 19.9 Å². The van der Waals surface area contributed by atoms with Gasteiger partial charge in [-0.3, -0.25) is 4.79 Å². The van der Waals surface area contributed by atoms with Gasteiger partial charge in [-0.2, -0.15) is 0 Å². The van der Waals surface area contributed by atoms with Gasteiger partial charge in [0.1, 0.15) is 0 Å². The van der Waals surface area contributed by atoms with Crippen molar-refractivity contribution in [1.82, 2.24) is 5.32 Å². The van der Waals surface area contributed by atoms with Crippen molar-refractivity contribution in [3.05, 3.63) is 12.2 Å². The first-order chi connectivity index (χ1) is 6.49. The zero-order chi connectivity index (χ0) is 11.1. The van der Waals surface area contributed by atoms with Crippen molar-refractivity contribution in [1.29, 1.82) is 0 Å². The van der Waals surface area contributed by atoms with Crippen molar-refractivity contribution in [2.75, 3.05) is 13.2 Å². The fourth-order valence-corrected chi connectivity index (χ4v) is 0.682. The second kappa shape index (κ2) is 6.15. The lowest BCUT2D eigenvalue weighted by atomic mass is 10.2. The largest absolute Gasteiger partial charge is 0.463 e. The van der Waals surface area contributed by atoms with Crippen molar-refractivity contribution in [3.63, 3.8) is 0 Å². The molecule has 0 radical (unpaired) electrons. The van der Waals surface area contributed by atoms with Crippen LogP contribution in [0.4, 0.5) is 0 Å². The van der Waals surface area contributed by atoms with Crippen LogP contribution in [-0.4, -0.2) is 31.1 Å². The fourth-order valence-electron chi connectivity index (χ4n) is 0.682. The molecule has 0 heterocycles. The summed E-state index contributed by atoms with van der Waals surface area (Å²) in [5.74, 6) is -0.932. The van der Waals surface area contributed by atoms with Crippen LogP contribution in [0.25, 0.3) is 0 Å². The Balaban J connectivity index is 3.85. The summed E-state index contributed by atoms with van der Waals surface area (Å²) in [6.07, 6.45) is 0. The maximum absolute atomic E-state index is 11.0. The Bertz CT molecular complexity index is 238. The molecule has 0 aliphatic rings. The number of carbonyl (C=O) groups excluding carboxylic acids is 2. The van der Waals surface area contributed by atoms with E-state index in [9.17, 15) is 9.59 Å². The molecule has 14 heavy (non-hydrogen) atoms. The Hall–Kier alpha value is -1.36. The molecule has 1 unspecified atom stereocenters. The molecule has 5 nitrogen and oxygen atoms in total. The zero-order valence-corrected chi connectivity index (χ0v) is 8.50. The first-order valence-corrected chi connectivity index (χ1v) is 4.36. The molecule has 0 aliphatic heterocycles. The lowest BCUT2D eigenvalue weighted by molar-refractivity contribution is -0.138. The molecule has 1 atom stereocenters. The van der Waals surface area contributed by atoms with E-state index in [0.29, 0.717) is 6.61 Å². The number of rotatable bonds is 6. The van der Waals surface area contributed by atoms with E-state index < -0.39 is 17.9 Å². The van der Waals surface area contributed by atoms with Gasteiger partial charge in [0.15, 0.2) is 0 Å². The molecular formula is C9H16N2O3. The van der Waals surface area contributed by atoms with Gasteiger partial charge in [-0.05, 0) is 13.8 Å². The van der Waals surface area contributed by atoms with Crippen LogP contribution in [0.1, 0.15) is 13.8 Å². The molecule has 0 saturated carbocycles. The van der Waals surface area contributed by atoms with E-state index in [1.165, 1.54) is 0 Å². The summed E-state index contributed by atoms with van der Waals surface area (Å²) in [5.41, 5.74) is 5.29. The first-order valence-electron chi connectivity index (χ1n) is 4.36. The van der Waals surface area contributed by atoms with Crippen LogP contribution in [0.5, 0.6) is 0 Å². The standard InChI is InChI=1S/C9H16N2O3/c1-4-14-9(13)6(2)5-11-7(3)8(10)12/h7,11H,2,4-5H2,1,3H3,(H2,10,12). The van der Waals surface area contributed by atoms with E-state index in [2.05, 4.69) is 11.9 Å². The monoisotopic (exact) mass is 200 g/mol. The van der Waals surface area contributed by atoms with Gasteiger partial charge in [-0.1, -0.05) is 6.58 Å². The minimum Gasteiger partial charge on any atom is -0.463 e. The van der Waals surface area contributed by atoms with E-state index in [-0.39, 0.29) is 12.1 Å². The summed E-state index contributed by atoms with van der Waals surface area (Å²) < 4.78 is 4.70. The average Bonchev–Trinajstić information content (AvgIpc) is 2.13. The second-order valence-electron chi connectivity index (χ2n) is 2.83. The van der Waals surface area contributed by atoms with E-state index >= 15 is 0 Å². The number of amides is 1. The number of ether oxygens (including phenoxy) is 1. The molecule has 1 amide bonds. The van der Waals surface area contributed by atoms with Crippen LogP contribution in [0, 0.1) is 0 Å². The molecule has 0 aliphatic carbocycles. The molecule has 80 valence electrons. The quantitative estimate of drug-likeness (QED) is 0.450. The molecule has 0 rings (SSSR count). The Morgan fingerprint density at radius 3 is 2.57 bits per heavy atom. The number of esters is 1. The third-order valence-electron chi connectivity index (χ3n) is 1.61. The predicted molar refractivity (Wildman–Crippen MR) is 52.4 cm³/mol. The second-order valence-corrected chi connectivity index (χ2v) is 2.83. The van der Waals surface area contributed by atoms with Crippen LogP contribution in [0.3, 0.4) is 0 Å². The van der Waals surface area contributed by atoms with Gasteiger partial charge in [-0.25, -0.2) is 4.79 Å². The number of hydrogen-bond acceptors (Lipinski definition) is 4. The fraction of sp³-hybridized carbons (Fsp3) is 0.556. The third kappa shape index (κ3) is 4.61. The van der Waals surface area contributed by atoms with Gasteiger partial charge in [0.05, 0.1) is 12.6 Å². The molecule has 0 aromatic heterocycles. The SMILES string of the molecule is C=C(CNC(C)C(N)=O)C(=O)OCC. The van der Waals surface area contributed by atoms with Crippen LogP contribution < -0.4 is 11.1 Å². The summed E-state index contributed by atoms with van der Waals surface area (Å²) in [6, 6.07) is -0.485. The maximum atomic E-state index is 11.0. The maximum Gasteiger partial charge on any atom is 0.334 e. The Morgan fingerprint density at radius 1 is 1.57 bits per heavy atom. The van der Waals surface area contributed by atoms with Crippen LogP contribution in [0.2, 0.25) is 0 Å². The van der Waals surface area contributed by atoms with Gasteiger partial charge in [0.2, 0.25) is 5.91 Å². The highest BCUT2D eigenvalue weighted by Gasteiger charge is 2.11. The van der Waals surface area contributed by atoms with Crippen molar-refractivity contribution < 1.29 is 14.3 Å². The molecule has 0 saturated heterocycles. The van der Waals surface area contributed by atoms with E-state index in [1.807, 2.05) is 0 Å². The molecule has 0 aromatic rings. The Labute approximate surface area is 83.3 Å². The summed E-state index contributed by atoms with van der Waals surface area (Å²) in [7, 11) is 0. The van der Waals surface area contributed by atoms with Crippen LogP contribution in [-0.2, 0) is 14.3 Å². The lowest BCUT2D eigenvalue weighted by Crippen LogP contribution is -2.40. The van der Waals surface area contributed by atoms with Crippen molar-refractivity contribution in [2.24, 2.45) is 5.73 Å². The summed E-state index contributed by atoms with van der Waals surface area (Å²) in [6.45, 7) is 7.35. The highest BCUT2D eigenvalue weighted by atomic mass is 16.5. The van der Waals surface area contributed by atoms with E-state index in [1.54, 1.807) is 13.8 Å². The summed E-state index contributed by atoms with van der Waals surface area (Å²) in [4.78, 5) is 21.7. The first kappa shape index (κ1) is 12.6. The highest BCUT2D eigenvalue weighted by Crippen LogP contribution is 1.93. The molecular weight excluding hydrogens is 184 g/mol. The minimum absolute atomic E-state index is 0.197. The molecule has 3 N–H and O–H groups in total. The van der Waals surface area contributed by atoms with Crippen molar-refractivity contribution in [3.8, 4) is 0 Å². The topological polar surface area (TPSA) is 81.4 Å².